The molecular formula is C7H7N5. The Labute approximate surface area is 68.3 Å². The number of nitrogens with two attached hydrogens (primary N) is 1. The van der Waals surface area contributed by atoms with Crippen molar-refractivity contribution >= 4 is 11.4 Å². The molecular weight excluding hydrogens is 154 g/mol. The third kappa shape index (κ3) is 0.833. The molecule has 0 aromatic carbocycles. The van der Waals surface area contributed by atoms with Crippen molar-refractivity contribution in [2.45, 2.75) is 0 Å². The van der Waals surface area contributed by atoms with Crippen molar-refractivity contribution in [3.05, 3.63) is 30.1 Å². The molecule has 60 valence electrons. The molecule has 2 heterocycles. The van der Waals surface area contributed by atoms with Crippen LogP contribution in [0.5, 0.6) is 0 Å². The van der Waals surface area contributed by atoms with Gasteiger partial charge in [-0.3, -0.25) is 5.41 Å². The summed E-state index contributed by atoms with van der Waals surface area (Å²) < 4.78 is 1.58. The number of nitrogen functional groups attached to an aromatic ring is 1. The Kier molecular flexibility index (Phi) is 1.30. The first kappa shape index (κ1) is 6.78. The van der Waals surface area contributed by atoms with Crippen LogP contribution in [0.4, 0.5) is 0 Å². The molecule has 0 bridgehead atoms. The van der Waals surface area contributed by atoms with Gasteiger partial charge in [0, 0.05) is 11.8 Å². The summed E-state index contributed by atoms with van der Waals surface area (Å²) in [5, 5.41) is 14.7. The lowest BCUT2D eigenvalue weighted by molar-refractivity contribution is 0.855. The van der Waals surface area contributed by atoms with Crippen LogP contribution in [0.25, 0.3) is 5.52 Å². The molecule has 3 N–H and O–H groups in total. The molecule has 0 saturated heterocycles. The van der Waals surface area contributed by atoms with E-state index in [0.717, 1.165) is 5.52 Å². The lowest BCUT2D eigenvalue weighted by atomic mass is 10.2. The van der Waals surface area contributed by atoms with Crippen molar-refractivity contribution in [3.63, 3.8) is 0 Å². The predicted octanol–water partition coefficient (Wildman–Crippen LogP) is 0.0134. The average molecular weight is 161 g/mol. The lowest BCUT2D eigenvalue weighted by Gasteiger charge is -1.98. The van der Waals surface area contributed by atoms with Gasteiger partial charge in [0.1, 0.15) is 5.84 Å². The minimum absolute atomic E-state index is 0.0305. The van der Waals surface area contributed by atoms with E-state index in [0.29, 0.717) is 5.56 Å². The number of amidine groups is 1. The smallest absolute Gasteiger partial charge is 0.125 e. The van der Waals surface area contributed by atoms with Gasteiger partial charge in [0.25, 0.3) is 0 Å². The van der Waals surface area contributed by atoms with Gasteiger partial charge in [-0.05, 0) is 12.1 Å². The van der Waals surface area contributed by atoms with E-state index in [4.69, 9.17) is 11.1 Å². The van der Waals surface area contributed by atoms with Crippen molar-refractivity contribution in [1.82, 2.24) is 14.8 Å². The van der Waals surface area contributed by atoms with Crippen LogP contribution in [-0.4, -0.2) is 20.7 Å². The van der Waals surface area contributed by atoms with Crippen LogP contribution in [0, 0.1) is 5.41 Å². The maximum absolute atomic E-state index is 7.27. The molecule has 0 aliphatic rings. The predicted molar refractivity (Wildman–Crippen MR) is 44.0 cm³/mol. The maximum Gasteiger partial charge on any atom is 0.125 e. The minimum atomic E-state index is 0.0305. The van der Waals surface area contributed by atoms with Crippen LogP contribution >= 0.6 is 0 Å². The summed E-state index contributed by atoms with van der Waals surface area (Å²) in [5.74, 6) is 0.0305. The zero-order valence-corrected chi connectivity index (χ0v) is 6.23. The van der Waals surface area contributed by atoms with Crippen LogP contribution in [0.15, 0.2) is 24.5 Å². The highest BCUT2D eigenvalue weighted by molar-refractivity contribution is 6.01. The largest absolute Gasteiger partial charge is 0.384 e. The number of aromatic nitrogens is 3. The van der Waals surface area contributed by atoms with Crippen LogP contribution in [0.3, 0.4) is 0 Å². The molecule has 0 aliphatic carbocycles. The van der Waals surface area contributed by atoms with Gasteiger partial charge < -0.3 is 5.73 Å². The van der Waals surface area contributed by atoms with Gasteiger partial charge in [-0.25, -0.2) is 4.52 Å². The van der Waals surface area contributed by atoms with E-state index < -0.39 is 0 Å². The van der Waals surface area contributed by atoms with Gasteiger partial charge in [-0.1, -0.05) is 5.21 Å². The molecule has 0 amide bonds. The number of fused-ring (bicyclic) bond motifs is 1. The van der Waals surface area contributed by atoms with Gasteiger partial charge in [0.15, 0.2) is 0 Å². The second-order valence-corrected chi connectivity index (χ2v) is 2.40. The molecule has 0 fully saturated rings. The van der Waals surface area contributed by atoms with E-state index in [1.54, 1.807) is 29.0 Å². The fourth-order valence-electron chi connectivity index (χ4n) is 1.08. The summed E-state index contributed by atoms with van der Waals surface area (Å²) in [4.78, 5) is 0. The number of nitrogens with zero attached hydrogens (tertiary/aromatic N) is 3. The standard InChI is InChI=1S/C7H7N5/c8-7(9)5-2-1-3-12-6(5)4-10-11-12/h1-4H,(H3,8,9). The van der Waals surface area contributed by atoms with Gasteiger partial charge in [0.05, 0.1) is 11.7 Å². The molecule has 2 aromatic rings. The third-order valence-electron chi connectivity index (χ3n) is 1.63. The molecule has 0 saturated carbocycles. The summed E-state index contributed by atoms with van der Waals surface area (Å²) in [6.07, 6.45) is 3.34. The Morgan fingerprint density at radius 3 is 3.17 bits per heavy atom. The molecule has 5 nitrogen and oxygen atoms in total. The molecule has 0 unspecified atom stereocenters. The van der Waals surface area contributed by atoms with E-state index in [-0.39, 0.29) is 5.84 Å². The van der Waals surface area contributed by atoms with Gasteiger partial charge in [-0.15, -0.1) is 5.10 Å². The number of hydrogen-bond donors (Lipinski definition) is 2. The van der Waals surface area contributed by atoms with Crippen LogP contribution in [0.1, 0.15) is 5.56 Å². The van der Waals surface area contributed by atoms with Crippen molar-refractivity contribution in [2.75, 3.05) is 0 Å². The molecule has 12 heavy (non-hydrogen) atoms. The van der Waals surface area contributed by atoms with Crippen LogP contribution in [0.2, 0.25) is 0 Å². The zero-order valence-electron chi connectivity index (χ0n) is 6.23. The third-order valence-corrected chi connectivity index (χ3v) is 1.63. The minimum Gasteiger partial charge on any atom is -0.384 e. The first-order valence-corrected chi connectivity index (χ1v) is 3.42. The fourth-order valence-corrected chi connectivity index (χ4v) is 1.08. The Morgan fingerprint density at radius 1 is 1.58 bits per heavy atom. The topological polar surface area (TPSA) is 80.1 Å². The molecule has 0 atom stereocenters. The van der Waals surface area contributed by atoms with Crippen molar-refractivity contribution in [3.8, 4) is 0 Å². The van der Waals surface area contributed by atoms with E-state index in [1.165, 1.54) is 0 Å². The van der Waals surface area contributed by atoms with Crippen molar-refractivity contribution in [1.29, 1.82) is 5.41 Å². The van der Waals surface area contributed by atoms with Crippen LogP contribution < -0.4 is 5.73 Å². The molecule has 2 rings (SSSR count). The number of rotatable bonds is 1. The van der Waals surface area contributed by atoms with E-state index >= 15 is 0 Å². The summed E-state index contributed by atoms with van der Waals surface area (Å²) in [6.45, 7) is 0. The van der Waals surface area contributed by atoms with Gasteiger partial charge >= 0.3 is 0 Å². The zero-order chi connectivity index (χ0) is 8.55. The highest BCUT2D eigenvalue weighted by atomic mass is 15.4. The Balaban J connectivity index is 2.82. The first-order valence-electron chi connectivity index (χ1n) is 3.42. The quantitative estimate of drug-likeness (QED) is 0.456. The van der Waals surface area contributed by atoms with Gasteiger partial charge in [-0.2, -0.15) is 0 Å². The van der Waals surface area contributed by atoms with Crippen LogP contribution in [-0.2, 0) is 0 Å². The molecule has 0 spiro atoms. The van der Waals surface area contributed by atoms with Crippen molar-refractivity contribution < 1.29 is 0 Å². The normalized spacial score (nSPS) is 10.3. The van der Waals surface area contributed by atoms with E-state index in [9.17, 15) is 0 Å². The summed E-state index contributed by atoms with van der Waals surface area (Å²) >= 11 is 0. The van der Waals surface area contributed by atoms with E-state index in [1.807, 2.05) is 0 Å². The van der Waals surface area contributed by atoms with Gasteiger partial charge in [0.2, 0.25) is 0 Å². The Hall–Kier alpha value is -1.91. The summed E-state index contributed by atoms with van der Waals surface area (Å²) in [5.41, 5.74) is 6.76. The second kappa shape index (κ2) is 2.30. The second-order valence-electron chi connectivity index (χ2n) is 2.40. The Bertz CT molecular complexity index is 430. The molecule has 5 heteroatoms. The number of hydrogen-bond acceptors (Lipinski definition) is 3. The number of nitrogens with one attached hydrogen (secondary N) is 1. The van der Waals surface area contributed by atoms with E-state index in [2.05, 4.69) is 10.3 Å². The summed E-state index contributed by atoms with van der Waals surface area (Å²) in [6, 6.07) is 3.54. The SMILES string of the molecule is N=C(N)c1cccn2nncc12. The molecule has 0 aliphatic heterocycles. The highest BCUT2D eigenvalue weighted by Gasteiger charge is 2.03. The van der Waals surface area contributed by atoms with Crippen molar-refractivity contribution in [2.24, 2.45) is 5.73 Å². The molecule has 2 aromatic heterocycles. The lowest BCUT2D eigenvalue weighted by Crippen LogP contribution is -2.12. The highest BCUT2D eigenvalue weighted by Crippen LogP contribution is 2.06. The fraction of sp³-hybridized carbons (Fsp3) is 0. The summed E-state index contributed by atoms with van der Waals surface area (Å²) in [7, 11) is 0. The number of pyridine rings is 1. The first-order chi connectivity index (χ1) is 5.79. The molecule has 0 radical (unpaired) electrons. The Morgan fingerprint density at radius 2 is 2.42 bits per heavy atom. The maximum atomic E-state index is 7.27. The average Bonchev–Trinajstić information content (AvgIpc) is 2.49. The monoisotopic (exact) mass is 161 g/mol.